The molecule has 2 aromatic rings. The fourth-order valence-corrected chi connectivity index (χ4v) is 7.10. The highest BCUT2D eigenvalue weighted by atomic mass is 79.9. The first-order chi connectivity index (χ1) is 18.7. The van der Waals surface area contributed by atoms with Crippen molar-refractivity contribution in [2.75, 3.05) is 7.11 Å². The third-order valence-electron chi connectivity index (χ3n) is 8.44. The third-order valence-corrected chi connectivity index (χ3v) is 9.05. The number of nitrogens with zero attached hydrogens (tertiary/aromatic N) is 1. The number of hydrogen-bond donors (Lipinski definition) is 1. The molecule has 0 spiro atoms. The number of amides is 2. The van der Waals surface area contributed by atoms with Crippen molar-refractivity contribution in [1.82, 2.24) is 4.90 Å². The number of allylic oxidation sites excluding steroid dienone is 6. The molecule has 4 atom stereocenters. The number of imide groups is 1. The van der Waals surface area contributed by atoms with Gasteiger partial charge in [-0.1, -0.05) is 42.0 Å². The molecular weight excluding hydrogens is 562 g/mol. The normalized spacial score (nSPS) is 26.2. The summed E-state index contributed by atoms with van der Waals surface area (Å²) in [4.78, 5) is 55.5. The minimum absolute atomic E-state index is 0.0734. The van der Waals surface area contributed by atoms with Gasteiger partial charge in [0.25, 0.3) is 0 Å². The predicted octanol–water partition coefficient (Wildman–Crippen LogP) is 4.79. The van der Waals surface area contributed by atoms with Crippen molar-refractivity contribution in [1.29, 1.82) is 0 Å². The lowest BCUT2D eigenvalue weighted by atomic mass is 9.59. The van der Waals surface area contributed by atoms with E-state index in [0.717, 1.165) is 11.1 Å². The number of carbonyl (C=O) groups is 4. The average Bonchev–Trinajstić information content (AvgIpc) is 3.17. The number of benzene rings is 2. The zero-order valence-electron chi connectivity index (χ0n) is 21.4. The van der Waals surface area contributed by atoms with Gasteiger partial charge in [0.1, 0.15) is 0 Å². The summed E-state index contributed by atoms with van der Waals surface area (Å²) in [5, 5.41) is 10.4. The number of methoxy groups -OCH3 is 1. The van der Waals surface area contributed by atoms with E-state index in [1.807, 2.05) is 36.4 Å². The highest BCUT2D eigenvalue weighted by Gasteiger charge is 2.56. The molecule has 7 nitrogen and oxygen atoms in total. The Morgan fingerprint density at radius 1 is 1.05 bits per heavy atom. The van der Waals surface area contributed by atoms with Crippen molar-refractivity contribution >= 4 is 39.3 Å². The molecule has 1 fully saturated rings. The number of rotatable bonds is 4. The van der Waals surface area contributed by atoms with Crippen LogP contribution in [0.25, 0.3) is 0 Å². The van der Waals surface area contributed by atoms with Gasteiger partial charge in [-0.25, -0.2) is 0 Å². The highest BCUT2D eigenvalue weighted by Crippen LogP contribution is 2.56. The van der Waals surface area contributed by atoms with Crippen molar-refractivity contribution < 1.29 is 29.0 Å². The van der Waals surface area contributed by atoms with Crippen molar-refractivity contribution in [3.8, 4) is 11.5 Å². The van der Waals surface area contributed by atoms with E-state index >= 15 is 0 Å². The monoisotopic (exact) mass is 587 g/mol. The van der Waals surface area contributed by atoms with Gasteiger partial charge in [0.2, 0.25) is 11.8 Å². The Kier molecular flexibility index (Phi) is 6.18. The number of aromatic hydroxyl groups is 1. The van der Waals surface area contributed by atoms with Crippen LogP contribution in [0.15, 0.2) is 81.4 Å². The summed E-state index contributed by atoms with van der Waals surface area (Å²) in [6.45, 7) is 1.83. The number of phenolic OH excluding ortho intramolecular Hbond substituents is 1. The van der Waals surface area contributed by atoms with Crippen molar-refractivity contribution in [3.05, 3.63) is 92.5 Å². The van der Waals surface area contributed by atoms with Crippen molar-refractivity contribution in [2.24, 2.45) is 17.8 Å². The summed E-state index contributed by atoms with van der Waals surface area (Å²) in [5.41, 5.74) is 3.54. The number of carbonyl (C=O) groups excluding carboxylic acids is 4. The molecule has 0 radical (unpaired) electrons. The maximum Gasteiger partial charge on any atom is 0.234 e. The summed E-state index contributed by atoms with van der Waals surface area (Å²) in [6, 6.07) is 12.8. The molecule has 2 amide bonds. The number of halogens is 1. The first-order valence-electron chi connectivity index (χ1n) is 12.9. The van der Waals surface area contributed by atoms with E-state index in [9.17, 15) is 24.3 Å². The van der Waals surface area contributed by atoms with Crippen LogP contribution in [0.4, 0.5) is 0 Å². The number of Topliss-reactive ketones (excluding diaryl/α,β-unsaturated/α-hetero) is 1. The van der Waals surface area contributed by atoms with Crippen LogP contribution in [-0.4, -0.2) is 40.5 Å². The third kappa shape index (κ3) is 3.92. The van der Waals surface area contributed by atoms with Gasteiger partial charge in [0, 0.05) is 22.6 Å². The molecule has 8 heteroatoms. The molecular formula is C31H26BrNO6. The fraction of sp³-hybridized carbons (Fsp3) is 0.290. The van der Waals surface area contributed by atoms with Crippen LogP contribution in [0, 0.1) is 17.8 Å². The fourth-order valence-electron chi connectivity index (χ4n) is 6.64. The summed E-state index contributed by atoms with van der Waals surface area (Å²) >= 11 is 3.39. The minimum atomic E-state index is -0.616. The zero-order chi connectivity index (χ0) is 27.6. The van der Waals surface area contributed by atoms with Crippen LogP contribution < -0.4 is 4.74 Å². The lowest BCUT2D eigenvalue weighted by molar-refractivity contribution is -0.140. The van der Waals surface area contributed by atoms with E-state index in [1.54, 1.807) is 19.1 Å². The molecule has 198 valence electrons. The van der Waals surface area contributed by atoms with Gasteiger partial charge >= 0.3 is 0 Å². The van der Waals surface area contributed by atoms with E-state index in [0.29, 0.717) is 33.2 Å². The van der Waals surface area contributed by atoms with Crippen LogP contribution in [0.1, 0.15) is 36.8 Å². The van der Waals surface area contributed by atoms with E-state index in [2.05, 4.69) is 15.9 Å². The number of fused-ring (bicyclic) bond motifs is 3. The number of ether oxygens (including phenoxy) is 1. The van der Waals surface area contributed by atoms with E-state index < -0.39 is 23.7 Å². The second-order valence-corrected chi connectivity index (χ2v) is 11.4. The summed E-state index contributed by atoms with van der Waals surface area (Å²) < 4.78 is 5.77. The molecule has 2 aromatic carbocycles. The first-order valence-corrected chi connectivity index (χ1v) is 13.7. The van der Waals surface area contributed by atoms with Gasteiger partial charge in [-0.3, -0.25) is 24.1 Å². The lowest BCUT2D eigenvalue weighted by Crippen LogP contribution is -2.39. The largest absolute Gasteiger partial charge is 0.503 e. The van der Waals surface area contributed by atoms with Crippen LogP contribution in [0.5, 0.6) is 11.5 Å². The Morgan fingerprint density at radius 3 is 2.51 bits per heavy atom. The van der Waals surface area contributed by atoms with Gasteiger partial charge in [0.05, 0.1) is 30.0 Å². The minimum Gasteiger partial charge on any atom is -0.503 e. The SMILES string of the molecule is COc1cc(C2C3=CCC4C(=O)N(Cc5ccccc5)C(=O)C4C3CC3=C2C(=O)C(C)=CC3=O)cc(Br)c1O. The molecule has 0 bridgehead atoms. The van der Waals surface area contributed by atoms with Crippen LogP contribution >= 0.6 is 15.9 Å². The quantitative estimate of drug-likeness (QED) is 0.313. The Bertz CT molecular complexity index is 1550. The zero-order valence-corrected chi connectivity index (χ0v) is 23.0. The van der Waals surface area contributed by atoms with Crippen LogP contribution in [0.2, 0.25) is 0 Å². The Hall–Kier alpha value is -3.78. The molecule has 3 aliphatic carbocycles. The van der Waals surface area contributed by atoms with E-state index in [-0.39, 0.29) is 47.8 Å². The topological polar surface area (TPSA) is 101 Å². The highest BCUT2D eigenvalue weighted by molar-refractivity contribution is 9.10. The second-order valence-electron chi connectivity index (χ2n) is 10.5. The number of ketones is 2. The number of phenols is 1. The first kappa shape index (κ1) is 25.5. The van der Waals surface area contributed by atoms with Crippen molar-refractivity contribution in [3.63, 3.8) is 0 Å². The average molecular weight is 588 g/mol. The predicted molar refractivity (Wildman–Crippen MR) is 146 cm³/mol. The molecule has 1 heterocycles. The van der Waals surface area contributed by atoms with Gasteiger partial charge in [-0.05, 0) is 70.9 Å². The Labute approximate surface area is 234 Å². The summed E-state index contributed by atoms with van der Waals surface area (Å²) in [7, 11) is 1.44. The number of likely N-dealkylation sites (tertiary alicyclic amines) is 1. The number of hydrogen-bond acceptors (Lipinski definition) is 6. The summed E-state index contributed by atoms with van der Waals surface area (Å²) in [5.74, 6) is -2.88. The van der Waals surface area contributed by atoms with Crippen LogP contribution in [0.3, 0.4) is 0 Å². The molecule has 1 N–H and O–H groups in total. The second kappa shape index (κ2) is 9.45. The Morgan fingerprint density at radius 2 is 1.79 bits per heavy atom. The van der Waals surface area contributed by atoms with Gasteiger partial charge in [-0.2, -0.15) is 0 Å². The van der Waals surface area contributed by atoms with Gasteiger partial charge in [0.15, 0.2) is 23.1 Å². The molecule has 0 aromatic heterocycles. The molecule has 1 aliphatic heterocycles. The molecule has 1 saturated heterocycles. The standard InChI is InChI=1S/C31H26BrNO6/c1-15-10-23(34)21-13-20-18(25(27(21)28(15)35)17-11-22(32)29(36)24(12-17)39-2)8-9-19-26(20)31(38)33(30(19)37)14-16-6-4-3-5-7-16/h3-8,10-12,19-20,25-26,36H,9,13-14H2,1-2H3. The molecule has 4 aliphatic rings. The van der Waals surface area contributed by atoms with Gasteiger partial charge in [-0.15, -0.1) is 0 Å². The smallest absolute Gasteiger partial charge is 0.234 e. The van der Waals surface area contributed by atoms with Crippen LogP contribution in [-0.2, 0) is 25.7 Å². The maximum absolute atomic E-state index is 13.8. The van der Waals surface area contributed by atoms with Crippen molar-refractivity contribution in [2.45, 2.75) is 32.2 Å². The van der Waals surface area contributed by atoms with E-state index in [4.69, 9.17) is 4.74 Å². The van der Waals surface area contributed by atoms with Gasteiger partial charge < -0.3 is 9.84 Å². The molecule has 4 unspecified atom stereocenters. The summed E-state index contributed by atoms with van der Waals surface area (Å²) in [6.07, 6.45) is 3.95. The van der Waals surface area contributed by atoms with E-state index in [1.165, 1.54) is 18.1 Å². The molecule has 0 saturated carbocycles. The Balaban J connectivity index is 1.47. The molecule has 6 rings (SSSR count). The lowest BCUT2D eigenvalue weighted by Gasteiger charge is -2.42. The molecule has 39 heavy (non-hydrogen) atoms. The maximum atomic E-state index is 13.8.